The first-order valence-corrected chi connectivity index (χ1v) is 20.3. The van der Waals surface area contributed by atoms with E-state index >= 15 is 0 Å². The number of esters is 3. The van der Waals surface area contributed by atoms with Crippen LogP contribution in [0.15, 0.2) is 24.5 Å². The number of pyridine rings is 1. The van der Waals surface area contributed by atoms with Crippen LogP contribution in [0.5, 0.6) is 0 Å². The fourth-order valence-corrected chi connectivity index (χ4v) is 6.49. The molecule has 0 aliphatic carbocycles. The van der Waals surface area contributed by atoms with Crippen LogP contribution in [0, 0.1) is 0 Å². The Balaban J connectivity index is 0.0000135. The Morgan fingerprint density at radius 1 is 0.635 bits per heavy atom. The molecular weight excluding hydrogens is 684 g/mol. The molecule has 10 nitrogen and oxygen atoms in total. The van der Waals surface area contributed by atoms with Gasteiger partial charge >= 0.3 is 24.1 Å². The Morgan fingerprint density at radius 3 is 1.52 bits per heavy atom. The molecule has 0 unspecified atom stereocenters. The zero-order valence-corrected chi connectivity index (χ0v) is 33.2. The smallest absolute Gasteiger partial charge is 0.306 e. The minimum Gasteiger partial charge on any atom is -1.00 e. The lowest BCUT2D eigenvalue weighted by Crippen LogP contribution is -3.00. The van der Waals surface area contributed by atoms with Crippen molar-refractivity contribution >= 4 is 23.8 Å². The normalized spacial score (nSPS) is 18.1. The Morgan fingerprint density at radius 2 is 1.06 bits per heavy atom. The van der Waals surface area contributed by atoms with Gasteiger partial charge in [-0.1, -0.05) is 136 Å². The summed E-state index contributed by atoms with van der Waals surface area (Å²) in [5.41, 5.74) is 5.81. The van der Waals surface area contributed by atoms with Gasteiger partial charge in [0.1, 0.15) is 18.3 Å². The molecule has 1 aliphatic heterocycles. The van der Waals surface area contributed by atoms with Crippen molar-refractivity contribution in [3.63, 3.8) is 0 Å². The lowest BCUT2D eigenvalue weighted by Gasteiger charge is -2.23. The van der Waals surface area contributed by atoms with E-state index in [1.165, 1.54) is 70.4 Å². The number of aromatic nitrogens is 1. The number of primary amides is 1. The van der Waals surface area contributed by atoms with Crippen molar-refractivity contribution in [2.75, 3.05) is 6.61 Å². The summed E-state index contributed by atoms with van der Waals surface area (Å²) >= 11 is 0. The molecule has 2 N–H and O–H groups in total. The van der Waals surface area contributed by atoms with Crippen LogP contribution >= 0.6 is 0 Å². The summed E-state index contributed by atoms with van der Waals surface area (Å²) < 4.78 is 25.7. The molecule has 0 radical (unpaired) electrons. The highest BCUT2D eigenvalue weighted by molar-refractivity contribution is 5.92. The van der Waals surface area contributed by atoms with Crippen molar-refractivity contribution < 1.29 is 55.1 Å². The quantitative estimate of drug-likeness (QED) is 0.0454. The number of ether oxygens (including phenoxy) is 4. The molecule has 0 spiro atoms. The Hall–Kier alpha value is -2.72. The second kappa shape index (κ2) is 29.7. The summed E-state index contributed by atoms with van der Waals surface area (Å²) in [6, 6.07) is 3.23. The molecule has 2 heterocycles. The Bertz CT molecular complexity index is 1140. The van der Waals surface area contributed by atoms with Crippen LogP contribution in [-0.2, 0) is 33.3 Å². The van der Waals surface area contributed by atoms with Gasteiger partial charge in [0, 0.05) is 25.3 Å². The number of hydrogen-bond donors (Lipinski definition) is 1. The van der Waals surface area contributed by atoms with Crippen LogP contribution in [0.3, 0.4) is 0 Å². The Kier molecular flexibility index (Phi) is 27.0. The SMILES string of the molecule is CCCCCCCCCC(=O)OC[C@H]1O[C@@H]([n+]2cccc(C(N)=O)c2)[C@H](OC(=O)CCCCCCCCC)[C@H]1OC(=O)CCCCCCCCC.[Cl-]. The van der Waals surface area contributed by atoms with E-state index in [-0.39, 0.29) is 43.4 Å². The van der Waals surface area contributed by atoms with Crippen LogP contribution in [0.25, 0.3) is 0 Å². The average molecular weight is 753 g/mol. The molecule has 298 valence electrons. The molecule has 0 saturated carbocycles. The predicted molar refractivity (Wildman–Crippen MR) is 198 cm³/mol. The average Bonchev–Trinajstić information content (AvgIpc) is 3.45. The molecule has 0 aromatic carbocycles. The number of hydrogen-bond acceptors (Lipinski definition) is 8. The van der Waals surface area contributed by atoms with Gasteiger partial charge < -0.3 is 37.1 Å². The predicted octanol–water partition coefficient (Wildman–Crippen LogP) is 5.76. The van der Waals surface area contributed by atoms with Gasteiger partial charge in [0.25, 0.3) is 5.91 Å². The van der Waals surface area contributed by atoms with E-state index in [1.807, 2.05) is 0 Å². The monoisotopic (exact) mass is 752 g/mol. The molecule has 1 amide bonds. The highest BCUT2D eigenvalue weighted by Gasteiger charge is 2.55. The van der Waals surface area contributed by atoms with Gasteiger partial charge in [0.15, 0.2) is 18.5 Å². The fourth-order valence-electron chi connectivity index (χ4n) is 6.49. The number of rotatable bonds is 30. The lowest BCUT2D eigenvalue weighted by molar-refractivity contribution is -0.765. The van der Waals surface area contributed by atoms with Gasteiger partial charge in [-0.15, -0.1) is 0 Å². The summed E-state index contributed by atoms with van der Waals surface area (Å²) in [4.78, 5) is 51.3. The number of nitrogens with two attached hydrogens (primary N) is 1. The van der Waals surface area contributed by atoms with Crippen molar-refractivity contribution in [1.29, 1.82) is 0 Å². The molecule has 1 saturated heterocycles. The summed E-state index contributed by atoms with van der Waals surface area (Å²) in [6.07, 6.45) is 22.5. The Labute approximate surface area is 320 Å². The third kappa shape index (κ3) is 19.9. The van der Waals surface area contributed by atoms with Gasteiger partial charge in [-0.05, 0) is 25.3 Å². The second-order valence-electron chi connectivity index (χ2n) is 14.2. The number of carbonyl (C=O) groups is 4. The van der Waals surface area contributed by atoms with Gasteiger partial charge in [0.2, 0.25) is 6.10 Å². The molecule has 0 bridgehead atoms. The van der Waals surface area contributed by atoms with Crippen LogP contribution in [0.2, 0.25) is 0 Å². The zero-order chi connectivity index (χ0) is 37.1. The van der Waals surface area contributed by atoms with E-state index in [1.54, 1.807) is 22.9 Å². The molecule has 2 rings (SSSR count). The number of halogens is 1. The minimum absolute atomic E-state index is 0. The van der Waals surface area contributed by atoms with E-state index in [0.29, 0.717) is 19.3 Å². The molecule has 1 aliphatic rings. The second-order valence-corrected chi connectivity index (χ2v) is 14.2. The number of unbranched alkanes of at least 4 members (excludes halogenated alkanes) is 18. The van der Waals surface area contributed by atoms with Crippen LogP contribution in [-0.4, -0.2) is 48.7 Å². The van der Waals surface area contributed by atoms with E-state index in [9.17, 15) is 19.2 Å². The number of amides is 1. The summed E-state index contributed by atoms with van der Waals surface area (Å²) in [7, 11) is 0. The maximum absolute atomic E-state index is 13.3. The maximum atomic E-state index is 13.3. The van der Waals surface area contributed by atoms with Crippen LogP contribution in [0.1, 0.15) is 191 Å². The first kappa shape index (κ1) is 47.3. The molecule has 52 heavy (non-hydrogen) atoms. The largest absolute Gasteiger partial charge is 1.00 e. The van der Waals surface area contributed by atoms with E-state index in [4.69, 9.17) is 24.7 Å². The topological polar surface area (TPSA) is 135 Å². The maximum Gasteiger partial charge on any atom is 0.306 e. The van der Waals surface area contributed by atoms with Gasteiger partial charge in [0.05, 0.1) is 0 Å². The first-order valence-electron chi connectivity index (χ1n) is 20.3. The first-order chi connectivity index (χ1) is 24.8. The summed E-state index contributed by atoms with van der Waals surface area (Å²) in [6.45, 7) is 6.40. The van der Waals surface area contributed by atoms with Crippen molar-refractivity contribution in [2.45, 2.75) is 199 Å². The van der Waals surface area contributed by atoms with Crippen molar-refractivity contribution in [2.24, 2.45) is 5.73 Å². The van der Waals surface area contributed by atoms with Crippen molar-refractivity contribution in [3.8, 4) is 0 Å². The molecule has 11 heteroatoms. The molecule has 4 atom stereocenters. The van der Waals surface area contributed by atoms with Gasteiger partial charge in [-0.3, -0.25) is 19.2 Å². The van der Waals surface area contributed by atoms with E-state index in [0.717, 1.165) is 57.8 Å². The van der Waals surface area contributed by atoms with Crippen LogP contribution in [0.4, 0.5) is 0 Å². The van der Waals surface area contributed by atoms with Gasteiger partial charge in [-0.25, -0.2) is 0 Å². The minimum atomic E-state index is -1.03. The lowest BCUT2D eigenvalue weighted by atomic mass is 10.1. The molecule has 1 aromatic heterocycles. The fraction of sp³-hybridized carbons (Fsp3) is 0.780. The van der Waals surface area contributed by atoms with Gasteiger partial charge in [-0.2, -0.15) is 4.57 Å². The number of carbonyl (C=O) groups excluding carboxylic acids is 4. The molecule has 1 fully saturated rings. The van der Waals surface area contributed by atoms with Crippen molar-refractivity contribution in [3.05, 3.63) is 30.1 Å². The summed E-state index contributed by atoms with van der Waals surface area (Å²) in [5.74, 6) is -1.80. The van der Waals surface area contributed by atoms with Crippen LogP contribution < -0.4 is 22.7 Å². The molecular formula is C41H69ClN2O8. The molecule has 1 aromatic rings. The number of nitrogens with zero attached hydrogens (tertiary/aromatic N) is 1. The van der Waals surface area contributed by atoms with E-state index < -0.39 is 42.4 Å². The summed E-state index contributed by atoms with van der Waals surface area (Å²) in [5, 5.41) is 0. The van der Waals surface area contributed by atoms with E-state index in [2.05, 4.69) is 20.8 Å². The van der Waals surface area contributed by atoms with Crippen molar-refractivity contribution in [1.82, 2.24) is 0 Å². The third-order valence-corrected chi connectivity index (χ3v) is 9.58. The standard InChI is InChI=1S/C41H68N2O8.ClH/c1-4-7-10-13-16-19-22-27-35(44)48-32-34-38(50-36(45)28-23-20-17-14-11-8-5-2)39(51-37(46)29-24-21-18-15-12-9-6-3)41(49-34)43-30-25-26-33(31-43)40(42)47;/h25-26,30-31,34,38-39,41H,4-24,27-29,32H2,1-3H3,(H-,42,47);1H/t34-,38+,39-,41-;/m1./s1. The zero-order valence-electron chi connectivity index (χ0n) is 32.5. The third-order valence-electron chi connectivity index (χ3n) is 9.58. The highest BCUT2D eigenvalue weighted by Crippen LogP contribution is 2.32. The highest BCUT2D eigenvalue weighted by atomic mass is 35.5.